The SMILES string of the molecule is COCC1=C[N]N=N1. The fraction of sp³-hybridized carbons (Fsp3) is 0.500. The first-order valence-electron chi connectivity index (χ1n) is 2.22. The molecule has 0 bridgehead atoms. The van der Waals surface area contributed by atoms with Crippen molar-refractivity contribution in [3.8, 4) is 0 Å². The average Bonchev–Trinajstić information content (AvgIpc) is 2.19. The minimum atomic E-state index is 0.493. The highest BCUT2D eigenvalue weighted by Crippen LogP contribution is 2.01. The van der Waals surface area contributed by atoms with Crippen LogP contribution in [-0.2, 0) is 4.74 Å². The first-order chi connectivity index (χ1) is 3.93. The zero-order valence-corrected chi connectivity index (χ0v) is 4.53. The second-order valence-corrected chi connectivity index (χ2v) is 1.36. The van der Waals surface area contributed by atoms with Gasteiger partial charge in [0, 0.05) is 7.11 Å². The van der Waals surface area contributed by atoms with E-state index in [-0.39, 0.29) is 0 Å². The third kappa shape index (κ3) is 1.04. The van der Waals surface area contributed by atoms with Crippen LogP contribution in [0, 0.1) is 0 Å². The molecule has 8 heavy (non-hydrogen) atoms. The van der Waals surface area contributed by atoms with Gasteiger partial charge in [-0.2, -0.15) is 0 Å². The van der Waals surface area contributed by atoms with E-state index in [4.69, 9.17) is 4.74 Å². The molecule has 1 aliphatic heterocycles. The van der Waals surface area contributed by atoms with Crippen molar-refractivity contribution in [2.75, 3.05) is 13.7 Å². The van der Waals surface area contributed by atoms with Gasteiger partial charge in [0.05, 0.1) is 12.8 Å². The van der Waals surface area contributed by atoms with Crippen molar-refractivity contribution in [1.82, 2.24) is 5.43 Å². The molecule has 43 valence electrons. The minimum Gasteiger partial charge on any atom is -0.378 e. The molecule has 0 unspecified atom stereocenters. The molecule has 0 aromatic rings. The van der Waals surface area contributed by atoms with Crippen LogP contribution in [-0.4, -0.2) is 13.7 Å². The number of hydrogen-bond donors (Lipinski definition) is 0. The second-order valence-electron chi connectivity index (χ2n) is 1.36. The van der Waals surface area contributed by atoms with Crippen LogP contribution in [0.2, 0.25) is 0 Å². The predicted octanol–water partition coefficient (Wildman–Crippen LogP) is 0.459. The smallest absolute Gasteiger partial charge is 0.111 e. The molecule has 4 heteroatoms. The van der Waals surface area contributed by atoms with Crippen molar-refractivity contribution in [2.45, 2.75) is 0 Å². The third-order valence-electron chi connectivity index (χ3n) is 0.724. The highest BCUT2D eigenvalue weighted by atomic mass is 16.5. The normalized spacial score (nSPS) is 15.9. The van der Waals surface area contributed by atoms with Crippen LogP contribution in [0.4, 0.5) is 0 Å². The zero-order valence-electron chi connectivity index (χ0n) is 4.53. The van der Waals surface area contributed by atoms with E-state index >= 15 is 0 Å². The fourth-order valence-electron chi connectivity index (χ4n) is 0.416. The first-order valence-corrected chi connectivity index (χ1v) is 2.22. The van der Waals surface area contributed by atoms with Crippen molar-refractivity contribution in [3.05, 3.63) is 11.9 Å². The van der Waals surface area contributed by atoms with Crippen LogP contribution in [0.3, 0.4) is 0 Å². The molecule has 0 atom stereocenters. The topological polar surface area (TPSA) is 48.0 Å². The molecular formula is C4H6N3O. The Morgan fingerprint density at radius 3 is 3.12 bits per heavy atom. The Hall–Kier alpha value is -0.900. The van der Waals surface area contributed by atoms with Crippen molar-refractivity contribution < 1.29 is 4.74 Å². The number of nitrogens with zero attached hydrogens (tertiary/aromatic N) is 3. The standard InChI is InChI=1S/C4H6N3O/c1-8-3-4-2-5-7-6-4/h2H,3H2,1H3. The predicted molar refractivity (Wildman–Crippen MR) is 26.9 cm³/mol. The molecule has 0 spiro atoms. The lowest BCUT2D eigenvalue weighted by atomic mass is 10.5. The Bertz CT molecular complexity index is 129. The summed E-state index contributed by atoms with van der Waals surface area (Å²) in [4.78, 5) is 0. The van der Waals surface area contributed by atoms with Crippen molar-refractivity contribution in [1.29, 1.82) is 0 Å². The van der Waals surface area contributed by atoms with Crippen LogP contribution in [0.15, 0.2) is 22.2 Å². The van der Waals surface area contributed by atoms with Gasteiger partial charge in [0.15, 0.2) is 0 Å². The van der Waals surface area contributed by atoms with Crippen molar-refractivity contribution in [2.24, 2.45) is 10.3 Å². The van der Waals surface area contributed by atoms with Gasteiger partial charge >= 0.3 is 0 Å². The van der Waals surface area contributed by atoms with E-state index < -0.39 is 0 Å². The largest absolute Gasteiger partial charge is 0.378 e. The Balaban J connectivity index is 2.34. The van der Waals surface area contributed by atoms with Crippen LogP contribution in [0.25, 0.3) is 0 Å². The van der Waals surface area contributed by atoms with E-state index in [2.05, 4.69) is 15.8 Å². The van der Waals surface area contributed by atoms with E-state index in [1.165, 1.54) is 0 Å². The van der Waals surface area contributed by atoms with Crippen molar-refractivity contribution >= 4 is 0 Å². The van der Waals surface area contributed by atoms with Gasteiger partial charge in [-0.15, -0.1) is 10.5 Å². The fourth-order valence-corrected chi connectivity index (χ4v) is 0.416. The molecule has 0 aliphatic carbocycles. The summed E-state index contributed by atoms with van der Waals surface area (Å²) < 4.78 is 4.74. The number of hydrogen-bond acceptors (Lipinski definition) is 3. The van der Waals surface area contributed by atoms with E-state index in [0.717, 1.165) is 5.70 Å². The molecule has 1 rings (SSSR count). The molecule has 0 aromatic heterocycles. The molecule has 1 heterocycles. The molecular weight excluding hydrogens is 106 g/mol. The van der Waals surface area contributed by atoms with E-state index in [0.29, 0.717) is 6.61 Å². The summed E-state index contributed by atoms with van der Waals surface area (Å²) >= 11 is 0. The first kappa shape index (κ1) is 5.24. The maximum absolute atomic E-state index is 4.74. The minimum absolute atomic E-state index is 0.493. The van der Waals surface area contributed by atoms with Gasteiger partial charge in [-0.3, -0.25) is 0 Å². The molecule has 0 fully saturated rings. The average molecular weight is 112 g/mol. The summed E-state index contributed by atoms with van der Waals surface area (Å²) in [7, 11) is 1.61. The summed E-state index contributed by atoms with van der Waals surface area (Å²) in [5, 5.41) is 6.98. The Labute approximate surface area is 47.2 Å². The summed E-state index contributed by atoms with van der Waals surface area (Å²) in [6.45, 7) is 0.493. The lowest BCUT2D eigenvalue weighted by molar-refractivity contribution is 0.225. The van der Waals surface area contributed by atoms with Crippen molar-refractivity contribution in [3.63, 3.8) is 0 Å². The molecule has 1 radical (unpaired) electrons. The van der Waals surface area contributed by atoms with Crippen LogP contribution >= 0.6 is 0 Å². The van der Waals surface area contributed by atoms with Gasteiger partial charge in [0.2, 0.25) is 0 Å². The Morgan fingerprint density at radius 1 is 1.75 bits per heavy atom. The summed E-state index contributed by atoms with van der Waals surface area (Å²) in [6.07, 6.45) is 1.57. The zero-order chi connectivity index (χ0) is 5.82. The van der Waals surface area contributed by atoms with Crippen LogP contribution < -0.4 is 5.43 Å². The van der Waals surface area contributed by atoms with E-state index in [1.54, 1.807) is 13.3 Å². The maximum Gasteiger partial charge on any atom is 0.111 e. The molecule has 0 N–H and O–H groups in total. The Kier molecular flexibility index (Phi) is 1.58. The van der Waals surface area contributed by atoms with Gasteiger partial charge in [0.25, 0.3) is 0 Å². The second kappa shape index (κ2) is 2.42. The van der Waals surface area contributed by atoms with E-state index in [1.807, 2.05) is 0 Å². The lowest BCUT2D eigenvalue weighted by Gasteiger charge is -1.88. The Morgan fingerprint density at radius 2 is 2.62 bits per heavy atom. The number of ether oxygens (including phenoxy) is 1. The summed E-state index contributed by atoms with van der Waals surface area (Å²) in [5.41, 5.74) is 4.27. The monoisotopic (exact) mass is 112 g/mol. The van der Waals surface area contributed by atoms with Gasteiger partial charge in [-0.25, -0.2) is 0 Å². The quantitative estimate of drug-likeness (QED) is 0.511. The van der Waals surface area contributed by atoms with Gasteiger partial charge in [0.1, 0.15) is 5.70 Å². The third-order valence-corrected chi connectivity index (χ3v) is 0.724. The highest BCUT2D eigenvalue weighted by Gasteiger charge is 1.98. The van der Waals surface area contributed by atoms with Gasteiger partial charge in [-0.05, 0) is 5.22 Å². The lowest BCUT2D eigenvalue weighted by Crippen LogP contribution is -1.88. The highest BCUT2D eigenvalue weighted by molar-refractivity contribution is 4.99. The van der Waals surface area contributed by atoms with Gasteiger partial charge in [-0.1, -0.05) is 0 Å². The molecule has 0 saturated heterocycles. The summed E-state index contributed by atoms with van der Waals surface area (Å²) in [6, 6.07) is 0. The molecule has 0 saturated carbocycles. The summed E-state index contributed by atoms with van der Waals surface area (Å²) in [5.74, 6) is 0. The molecule has 0 aromatic carbocycles. The van der Waals surface area contributed by atoms with Gasteiger partial charge < -0.3 is 4.74 Å². The molecule has 1 aliphatic rings. The maximum atomic E-state index is 4.74. The number of rotatable bonds is 2. The van der Waals surface area contributed by atoms with Crippen LogP contribution in [0.5, 0.6) is 0 Å². The van der Waals surface area contributed by atoms with E-state index in [9.17, 15) is 0 Å². The molecule has 0 amide bonds. The van der Waals surface area contributed by atoms with Crippen LogP contribution in [0.1, 0.15) is 0 Å². The number of methoxy groups -OCH3 is 1. The molecule has 4 nitrogen and oxygen atoms in total.